The van der Waals surface area contributed by atoms with Crippen molar-refractivity contribution >= 4 is 12.2 Å². The standard InChI is InChI=1S/C7H9N.CH2O2/c1-8-7-5-3-2-4-6-7;2-1-3/h2-6,8H,1H3;1H,(H,2,3). The van der Waals surface area contributed by atoms with Gasteiger partial charge in [0.15, 0.2) is 0 Å². The van der Waals surface area contributed by atoms with Crippen LogP contribution in [0.1, 0.15) is 0 Å². The van der Waals surface area contributed by atoms with Crippen LogP contribution < -0.4 is 5.32 Å². The first kappa shape index (κ1) is 9.49. The van der Waals surface area contributed by atoms with E-state index in [4.69, 9.17) is 9.90 Å². The molecule has 0 aromatic heterocycles. The van der Waals surface area contributed by atoms with Gasteiger partial charge >= 0.3 is 0 Å². The molecule has 0 saturated carbocycles. The highest BCUT2D eigenvalue weighted by Crippen LogP contribution is 2.01. The highest BCUT2D eigenvalue weighted by atomic mass is 16.3. The van der Waals surface area contributed by atoms with Crippen LogP contribution in [-0.4, -0.2) is 18.6 Å². The van der Waals surface area contributed by atoms with Crippen LogP contribution in [0.15, 0.2) is 30.3 Å². The maximum atomic E-state index is 8.36. The molecule has 0 saturated heterocycles. The number of anilines is 1. The van der Waals surface area contributed by atoms with Crippen molar-refractivity contribution in [3.05, 3.63) is 30.3 Å². The van der Waals surface area contributed by atoms with Crippen molar-refractivity contribution in [1.29, 1.82) is 0 Å². The molecule has 3 nitrogen and oxygen atoms in total. The van der Waals surface area contributed by atoms with E-state index >= 15 is 0 Å². The van der Waals surface area contributed by atoms with Crippen LogP contribution in [-0.2, 0) is 4.79 Å². The van der Waals surface area contributed by atoms with Gasteiger partial charge in [0.25, 0.3) is 6.47 Å². The van der Waals surface area contributed by atoms with Gasteiger partial charge < -0.3 is 10.4 Å². The molecule has 11 heavy (non-hydrogen) atoms. The predicted molar refractivity (Wildman–Crippen MR) is 44.7 cm³/mol. The summed E-state index contributed by atoms with van der Waals surface area (Å²) in [6.07, 6.45) is 0. The van der Waals surface area contributed by atoms with Crippen molar-refractivity contribution in [3.8, 4) is 0 Å². The number of benzene rings is 1. The largest absolute Gasteiger partial charge is 0.483 e. The molecule has 0 fully saturated rings. The topological polar surface area (TPSA) is 49.3 Å². The normalized spacial score (nSPS) is 7.36. The van der Waals surface area contributed by atoms with Crippen LogP contribution in [0, 0.1) is 0 Å². The molecule has 0 unspecified atom stereocenters. The van der Waals surface area contributed by atoms with E-state index in [2.05, 4.69) is 5.32 Å². The summed E-state index contributed by atoms with van der Waals surface area (Å²) in [4.78, 5) is 8.36. The van der Waals surface area contributed by atoms with E-state index in [1.807, 2.05) is 37.4 Å². The van der Waals surface area contributed by atoms with Crippen molar-refractivity contribution in [1.82, 2.24) is 0 Å². The van der Waals surface area contributed by atoms with Crippen molar-refractivity contribution < 1.29 is 9.90 Å². The maximum Gasteiger partial charge on any atom is 0.290 e. The van der Waals surface area contributed by atoms with Gasteiger partial charge in [-0.1, -0.05) is 18.2 Å². The van der Waals surface area contributed by atoms with Gasteiger partial charge in [0.05, 0.1) is 0 Å². The lowest BCUT2D eigenvalue weighted by molar-refractivity contribution is -0.122. The Labute approximate surface area is 65.7 Å². The number of nitrogens with one attached hydrogen (secondary N) is 1. The number of hydrogen-bond donors (Lipinski definition) is 2. The molecule has 2 N–H and O–H groups in total. The highest BCUT2D eigenvalue weighted by molar-refractivity contribution is 5.41. The third kappa shape index (κ3) is 4.96. The Morgan fingerprint density at radius 2 is 1.82 bits per heavy atom. The fraction of sp³-hybridized carbons (Fsp3) is 0.125. The fourth-order valence-electron chi connectivity index (χ4n) is 0.605. The van der Waals surface area contributed by atoms with Gasteiger partial charge in [-0.3, -0.25) is 4.79 Å². The summed E-state index contributed by atoms with van der Waals surface area (Å²) in [5, 5.41) is 9.92. The Bertz CT molecular complexity index is 187. The van der Waals surface area contributed by atoms with Gasteiger partial charge in [0.1, 0.15) is 0 Å². The average Bonchev–Trinajstić information content (AvgIpc) is 2.08. The van der Waals surface area contributed by atoms with Crippen molar-refractivity contribution in [2.75, 3.05) is 12.4 Å². The second-order valence-corrected chi connectivity index (χ2v) is 1.72. The average molecular weight is 153 g/mol. The summed E-state index contributed by atoms with van der Waals surface area (Å²) in [6, 6.07) is 10.1. The Morgan fingerprint density at radius 1 is 1.36 bits per heavy atom. The summed E-state index contributed by atoms with van der Waals surface area (Å²) >= 11 is 0. The van der Waals surface area contributed by atoms with Crippen molar-refractivity contribution in [2.45, 2.75) is 0 Å². The molecule has 1 rings (SSSR count). The lowest BCUT2D eigenvalue weighted by Gasteiger charge is -1.94. The van der Waals surface area contributed by atoms with Crippen molar-refractivity contribution in [2.24, 2.45) is 0 Å². The molecule has 0 heterocycles. The van der Waals surface area contributed by atoms with Crippen LogP contribution in [0.25, 0.3) is 0 Å². The number of para-hydroxylation sites is 1. The van der Waals surface area contributed by atoms with Gasteiger partial charge in [0, 0.05) is 12.7 Å². The smallest absolute Gasteiger partial charge is 0.290 e. The minimum atomic E-state index is -0.250. The van der Waals surface area contributed by atoms with Gasteiger partial charge in [-0.2, -0.15) is 0 Å². The zero-order valence-corrected chi connectivity index (χ0v) is 6.32. The van der Waals surface area contributed by atoms with E-state index in [0.29, 0.717) is 0 Å². The number of rotatable bonds is 1. The Morgan fingerprint density at radius 3 is 2.09 bits per heavy atom. The third-order valence-electron chi connectivity index (χ3n) is 1.06. The van der Waals surface area contributed by atoms with Gasteiger partial charge in [-0.05, 0) is 12.1 Å². The van der Waals surface area contributed by atoms with E-state index in [1.54, 1.807) is 0 Å². The van der Waals surface area contributed by atoms with Gasteiger partial charge in [0.2, 0.25) is 0 Å². The number of carboxylic acid groups (broad SMARTS) is 1. The van der Waals surface area contributed by atoms with E-state index < -0.39 is 0 Å². The summed E-state index contributed by atoms with van der Waals surface area (Å²) in [7, 11) is 1.91. The predicted octanol–water partition coefficient (Wildman–Crippen LogP) is 1.43. The SMILES string of the molecule is CNc1ccccc1.O=CO. The molecule has 0 amide bonds. The van der Waals surface area contributed by atoms with Crippen LogP contribution in [0.4, 0.5) is 5.69 Å². The summed E-state index contributed by atoms with van der Waals surface area (Å²) in [5.74, 6) is 0. The molecule has 60 valence electrons. The third-order valence-corrected chi connectivity index (χ3v) is 1.06. The molecule has 1 aromatic rings. The molecule has 0 radical (unpaired) electrons. The molecular formula is C8H11NO2. The first-order valence-corrected chi connectivity index (χ1v) is 3.15. The zero-order chi connectivity index (χ0) is 8.53. The minimum absolute atomic E-state index is 0.250. The molecule has 0 spiro atoms. The first-order valence-electron chi connectivity index (χ1n) is 3.15. The van der Waals surface area contributed by atoms with E-state index in [-0.39, 0.29) is 6.47 Å². The van der Waals surface area contributed by atoms with E-state index in [1.165, 1.54) is 0 Å². The fourth-order valence-corrected chi connectivity index (χ4v) is 0.605. The number of hydrogen-bond acceptors (Lipinski definition) is 2. The van der Waals surface area contributed by atoms with Crippen LogP contribution in [0.5, 0.6) is 0 Å². The van der Waals surface area contributed by atoms with Gasteiger partial charge in [-0.15, -0.1) is 0 Å². The van der Waals surface area contributed by atoms with E-state index in [0.717, 1.165) is 5.69 Å². The molecular weight excluding hydrogens is 142 g/mol. The Hall–Kier alpha value is -1.51. The first-order chi connectivity index (χ1) is 5.35. The maximum absolute atomic E-state index is 8.36. The molecule has 0 bridgehead atoms. The lowest BCUT2D eigenvalue weighted by atomic mass is 10.3. The van der Waals surface area contributed by atoms with Crippen LogP contribution in [0.2, 0.25) is 0 Å². The summed E-state index contributed by atoms with van der Waals surface area (Å²) < 4.78 is 0. The Balaban J connectivity index is 0.000000292. The lowest BCUT2D eigenvalue weighted by Crippen LogP contribution is -1.84. The zero-order valence-electron chi connectivity index (χ0n) is 6.32. The minimum Gasteiger partial charge on any atom is -0.483 e. The summed E-state index contributed by atoms with van der Waals surface area (Å²) in [6.45, 7) is -0.250. The number of carbonyl (C=O) groups is 1. The second-order valence-electron chi connectivity index (χ2n) is 1.72. The highest BCUT2D eigenvalue weighted by Gasteiger charge is 1.77. The molecule has 1 aromatic carbocycles. The Kier molecular flexibility index (Phi) is 5.70. The second kappa shape index (κ2) is 6.61. The van der Waals surface area contributed by atoms with E-state index in [9.17, 15) is 0 Å². The monoisotopic (exact) mass is 153 g/mol. The molecule has 0 atom stereocenters. The molecule has 0 aliphatic rings. The van der Waals surface area contributed by atoms with Crippen molar-refractivity contribution in [3.63, 3.8) is 0 Å². The van der Waals surface area contributed by atoms with Crippen LogP contribution >= 0.6 is 0 Å². The van der Waals surface area contributed by atoms with Gasteiger partial charge in [-0.25, -0.2) is 0 Å². The molecule has 0 aliphatic heterocycles. The molecule has 0 aliphatic carbocycles. The molecule has 3 heteroatoms. The van der Waals surface area contributed by atoms with Crippen LogP contribution in [0.3, 0.4) is 0 Å². The quantitative estimate of drug-likeness (QED) is 0.600. The summed E-state index contributed by atoms with van der Waals surface area (Å²) in [5.41, 5.74) is 1.16.